The van der Waals surface area contributed by atoms with Crippen molar-refractivity contribution < 1.29 is 4.39 Å². The molecule has 1 nitrogen and oxygen atoms in total. The van der Waals surface area contributed by atoms with E-state index in [9.17, 15) is 4.39 Å². The maximum atomic E-state index is 13.1. The number of anilines is 1. The van der Waals surface area contributed by atoms with E-state index in [2.05, 4.69) is 31.2 Å². The second kappa shape index (κ2) is 5.23. The second-order valence-electron chi connectivity index (χ2n) is 3.94. The van der Waals surface area contributed by atoms with Gasteiger partial charge in [0.2, 0.25) is 0 Å². The van der Waals surface area contributed by atoms with E-state index in [4.69, 9.17) is 5.73 Å². The normalized spacial score (nSPS) is 10.5. The van der Waals surface area contributed by atoms with Gasteiger partial charge in [-0.2, -0.15) is 0 Å². The quantitative estimate of drug-likeness (QED) is 0.655. The Kier molecular flexibility index (Phi) is 3.69. The van der Waals surface area contributed by atoms with Gasteiger partial charge in [0.15, 0.2) is 0 Å². The fraction of sp³-hybridized carbons (Fsp3) is 0.143. The third-order valence-corrected chi connectivity index (χ3v) is 3.58. The van der Waals surface area contributed by atoms with Crippen LogP contribution in [0.1, 0.15) is 11.1 Å². The molecule has 0 atom stereocenters. The highest BCUT2D eigenvalue weighted by Gasteiger charge is 2.02. The number of benzene rings is 2. The lowest BCUT2D eigenvalue weighted by molar-refractivity contribution is 0.627. The van der Waals surface area contributed by atoms with Gasteiger partial charge in [0.25, 0.3) is 0 Å². The SMILES string of the molecule is Cc1ccc(SCc2cc(F)ccc2N)cc1. The van der Waals surface area contributed by atoms with Crippen LogP contribution < -0.4 is 5.73 Å². The number of thioether (sulfide) groups is 1. The zero-order valence-electron chi connectivity index (χ0n) is 9.61. The van der Waals surface area contributed by atoms with Crippen molar-refractivity contribution in [2.24, 2.45) is 0 Å². The number of hydrogen-bond donors (Lipinski definition) is 1. The first kappa shape index (κ1) is 12.0. The summed E-state index contributed by atoms with van der Waals surface area (Å²) < 4.78 is 13.1. The largest absolute Gasteiger partial charge is 0.398 e. The molecule has 0 heterocycles. The van der Waals surface area contributed by atoms with Crippen LogP contribution in [-0.4, -0.2) is 0 Å². The fourth-order valence-electron chi connectivity index (χ4n) is 1.49. The lowest BCUT2D eigenvalue weighted by Gasteiger charge is -2.06. The van der Waals surface area contributed by atoms with Crippen LogP contribution in [0.15, 0.2) is 47.4 Å². The summed E-state index contributed by atoms with van der Waals surface area (Å²) >= 11 is 1.66. The molecule has 2 aromatic rings. The van der Waals surface area contributed by atoms with E-state index in [0.717, 1.165) is 5.56 Å². The molecule has 0 spiro atoms. The van der Waals surface area contributed by atoms with Gasteiger partial charge in [0.1, 0.15) is 5.82 Å². The molecule has 0 aliphatic carbocycles. The number of hydrogen-bond acceptors (Lipinski definition) is 2. The van der Waals surface area contributed by atoms with Crippen molar-refractivity contribution in [3.05, 3.63) is 59.4 Å². The van der Waals surface area contributed by atoms with Crippen LogP contribution in [0.25, 0.3) is 0 Å². The smallest absolute Gasteiger partial charge is 0.123 e. The van der Waals surface area contributed by atoms with E-state index >= 15 is 0 Å². The number of nitrogen functional groups attached to an aromatic ring is 1. The first-order valence-corrected chi connectivity index (χ1v) is 6.37. The number of rotatable bonds is 3. The van der Waals surface area contributed by atoms with Gasteiger partial charge < -0.3 is 5.73 Å². The van der Waals surface area contributed by atoms with Crippen molar-refractivity contribution in [1.82, 2.24) is 0 Å². The van der Waals surface area contributed by atoms with Gasteiger partial charge in [-0.3, -0.25) is 0 Å². The summed E-state index contributed by atoms with van der Waals surface area (Å²) in [5, 5.41) is 0. The van der Waals surface area contributed by atoms with E-state index in [1.54, 1.807) is 17.8 Å². The Balaban J connectivity index is 2.07. The van der Waals surface area contributed by atoms with Crippen molar-refractivity contribution in [2.75, 3.05) is 5.73 Å². The standard InChI is InChI=1S/C14H14FNS/c1-10-2-5-13(6-3-10)17-9-11-8-12(15)4-7-14(11)16/h2-8H,9,16H2,1H3. The van der Waals surface area contributed by atoms with Crippen LogP contribution in [0.2, 0.25) is 0 Å². The summed E-state index contributed by atoms with van der Waals surface area (Å²) in [6, 6.07) is 12.8. The van der Waals surface area contributed by atoms with Gasteiger partial charge in [0, 0.05) is 16.3 Å². The molecule has 2 N–H and O–H groups in total. The molecule has 0 amide bonds. The van der Waals surface area contributed by atoms with Crippen LogP contribution in [0.4, 0.5) is 10.1 Å². The van der Waals surface area contributed by atoms with Crippen LogP contribution in [-0.2, 0) is 5.75 Å². The molecule has 88 valence electrons. The Bertz CT molecular complexity index is 508. The zero-order chi connectivity index (χ0) is 12.3. The molecule has 2 aromatic carbocycles. The minimum atomic E-state index is -0.237. The Morgan fingerprint density at radius 3 is 2.53 bits per heavy atom. The van der Waals surface area contributed by atoms with Crippen molar-refractivity contribution in [1.29, 1.82) is 0 Å². The summed E-state index contributed by atoms with van der Waals surface area (Å²) in [4.78, 5) is 1.17. The number of halogens is 1. The summed E-state index contributed by atoms with van der Waals surface area (Å²) in [5.41, 5.74) is 8.52. The van der Waals surface area contributed by atoms with Gasteiger partial charge in [-0.15, -0.1) is 11.8 Å². The molecule has 2 rings (SSSR count). The van der Waals surface area contributed by atoms with Gasteiger partial charge in [-0.25, -0.2) is 4.39 Å². The van der Waals surface area contributed by atoms with Crippen LogP contribution >= 0.6 is 11.8 Å². The summed E-state index contributed by atoms with van der Waals surface area (Å²) in [6.45, 7) is 2.05. The van der Waals surface area contributed by atoms with Crippen LogP contribution in [0.5, 0.6) is 0 Å². The minimum Gasteiger partial charge on any atom is -0.398 e. The van der Waals surface area contributed by atoms with E-state index in [1.165, 1.54) is 22.6 Å². The van der Waals surface area contributed by atoms with Gasteiger partial charge >= 0.3 is 0 Å². The van der Waals surface area contributed by atoms with Gasteiger partial charge in [-0.05, 0) is 42.8 Å². The third kappa shape index (κ3) is 3.24. The molecule has 0 aliphatic rings. The predicted octanol–water partition coefficient (Wildman–Crippen LogP) is 4.01. The Morgan fingerprint density at radius 1 is 1.12 bits per heavy atom. The maximum Gasteiger partial charge on any atom is 0.123 e. The minimum absolute atomic E-state index is 0.237. The van der Waals surface area contributed by atoms with Crippen LogP contribution in [0, 0.1) is 12.7 Å². The molecule has 0 bridgehead atoms. The van der Waals surface area contributed by atoms with Gasteiger partial charge in [-0.1, -0.05) is 17.7 Å². The molecule has 0 fully saturated rings. The summed E-state index contributed by atoms with van der Waals surface area (Å²) in [6.07, 6.45) is 0. The summed E-state index contributed by atoms with van der Waals surface area (Å²) in [5.74, 6) is 0.450. The first-order valence-electron chi connectivity index (χ1n) is 5.38. The molecule has 3 heteroatoms. The molecule has 0 unspecified atom stereocenters. The molecule has 17 heavy (non-hydrogen) atoms. The number of nitrogens with two attached hydrogens (primary N) is 1. The molecule has 0 radical (unpaired) electrons. The predicted molar refractivity (Wildman–Crippen MR) is 71.6 cm³/mol. The van der Waals surface area contributed by atoms with Crippen molar-refractivity contribution in [2.45, 2.75) is 17.6 Å². The molecular formula is C14H14FNS. The topological polar surface area (TPSA) is 26.0 Å². The van der Waals surface area contributed by atoms with E-state index < -0.39 is 0 Å². The van der Waals surface area contributed by atoms with Crippen molar-refractivity contribution in [3.8, 4) is 0 Å². The van der Waals surface area contributed by atoms with Crippen molar-refractivity contribution >= 4 is 17.4 Å². The van der Waals surface area contributed by atoms with Gasteiger partial charge in [0.05, 0.1) is 0 Å². The van der Waals surface area contributed by atoms with Crippen LogP contribution in [0.3, 0.4) is 0 Å². The fourth-order valence-corrected chi connectivity index (χ4v) is 2.40. The molecule has 0 saturated heterocycles. The van der Waals surface area contributed by atoms with E-state index in [1.807, 2.05) is 0 Å². The highest BCUT2D eigenvalue weighted by atomic mass is 32.2. The van der Waals surface area contributed by atoms with E-state index in [-0.39, 0.29) is 5.82 Å². The molecule has 0 aromatic heterocycles. The molecule has 0 saturated carbocycles. The number of aryl methyl sites for hydroxylation is 1. The molecular weight excluding hydrogens is 233 g/mol. The molecule has 0 aliphatic heterocycles. The first-order chi connectivity index (χ1) is 8.15. The van der Waals surface area contributed by atoms with E-state index in [0.29, 0.717) is 11.4 Å². The lowest BCUT2D eigenvalue weighted by atomic mass is 10.2. The average molecular weight is 247 g/mol. The Hall–Kier alpha value is -1.48. The average Bonchev–Trinajstić information content (AvgIpc) is 2.32. The Morgan fingerprint density at radius 2 is 1.82 bits per heavy atom. The highest BCUT2D eigenvalue weighted by molar-refractivity contribution is 7.98. The Labute approximate surface area is 105 Å². The highest BCUT2D eigenvalue weighted by Crippen LogP contribution is 2.26. The lowest BCUT2D eigenvalue weighted by Crippen LogP contribution is -1.93. The third-order valence-electron chi connectivity index (χ3n) is 2.52. The maximum absolute atomic E-state index is 13.1. The summed E-state index contributed by atoms with van der Waals surface area (Å²) in [7, 11) is 0. The second-order valence-corrected chi connectivity index (χ2v) is 4.99. The monoisotopic (exact) mass is 247 g/mol. The zero-order valence-corrected chi connectivity index (χ0v) is 10.4. The van der Waals surface area contributed by atoms with Crippen molar-refractivity contribution in [3.63, 3.8) is 0 Å².